The first-order valence-electron chi connectivity index (χ1n) is 17.2. The number of nitrogens with zero attached hydrogens (tertiary/aromatic N) is 1. The van der Waals surface area contributed by atoms with E-state index in [2.05, 4.69) is 179 Å². The van der Waals surface area contributed by atoms with E-state index in [9.17, 15) is 0 Å². The number of hydrogen-bond donors (Lipinski definition) is 0. The molecule has 1 heteroatoms. The fourth-order valence-corrected chi connectivity index (χ4v) is 8.16. The van der Waals surface area contributed by atoms with Gasteiger partial charge in [0.15, 0.2) is 0 Å². The van der Waals surface area contributed by atoms with E-state index in [1.54, 1.807) is 0 Å². The van der Waals surface area contributed by atoms with Gasteiger partial charge in [-0.05, 0) is 115 Å². The van der Waals surface area contributed by atoms with E-state index in [1.807, 2.05) is 18.2 Å². The average molecular weight is 632 g/mol. The van der Waals surface area contributed by atoms with Crippen LogP contribution in [0.4, 0.5) is 17.1 Å². The molecule has 0 saturated carbocycles. The van der Waals surface area contributed by atoms with E-state index in [0.29, 0.717) is 0 Å². The normalized spacial score (nSPS) is 14.7. The number of fused-ring (bicyclic) bond motifs is 6. The molecule has 2 aliphatic carbocycles. The standard InChI is InChI=1S/C48H41N/c1-7-14-32(8-2)34-19-23-36(24-20-34)49(37-25-21-35(22-26-37)33-15-10-9-11-16-33)38-27-28-44-40(29-38)42-31-45-41(30-46(42)48(44,5)6)39-17-12-13-18-43(39)47(45,3)4/h7-31H,1-2H2,3-6H3/b32-14+. The summed E-state index contributed by atoms with van der Waals surface area (Å²) in [4.78, 5) is 2.38. The highest BCUT2D eigenvalue weighted by Crippen LogP contribution is 2.56. The molecule has 0 atom stereocenters. The Balaban J connectivity index is 1.28. The van der Waals surface area contributed by atoms with Crippen molar-refractivity contribution in [3.05, 3.63) is 193 Å². The third kappa shape index (κ3) is 4.84. The number of rotatable bonds is 7. The zero-order chi connectivity index (χ0) is 33.9. The first-order chi connectivity index (χ1) is 23.7. The molecule has 0 aliphatic heterocycles. The van der Waals surface area contributed by atoms with E-state index in [4.69, 9.17) is 0 Å². The molecule has 0 bridgehead atoms. The van der Waals surface area contributed by atoms with Crippen LogP contribution in [-0.2, 0) is 10.8 Å². The van der Waals surface area contributed by atoms with Crippen molar-refractivity contribution in [2.24, 2.45) is 0 Å². The van der Waals surface area contributed by atoms with Gasteiger partial charge in [-0.1, -0.05) is 144 Å². The van der Waals surface area contributed by atoms with E-state index in [-0.39, 0.29) is 10.8 Å². The highest BCUT2D eigenvalue weighted by atomic mass is 15.1. The second-order valence-corrected chi connectivity index (χ2v) is 14.3. The molecule has 0 spiro atoms. The molecule has 238 valence electrons. The van der Waals surface area contributed by atoms with Crippen LogP contribution in [0.3, 0.4) is 0 Å². The fraction of sp³-hybridized carbons (Fsp3) is 0.125. The molecule has 0 heterocycles. The molecule has 6 aromatic carbocycles. The van der Waals surface area contributed by atoms with Gasteiger partial charge in [0, 0.05) is 27.9 Å². The lowest BCUT2D eigenvalue weighted by Gasteiger charge is -2.27. The number of benzene rings is 6. The van der Waals surface area contributed by atoms with Gasteiger partial charge >= 0.3 is 0 Å². The van der Waals surface area contributed by atoms with Crippen LogP contribution in [0.1, 0.15) is 55.5 Å². The molecule has 0 amide bonds. The molecular formula is C48H41N. The van der Waals surface area contributed by atoms with Crippen LogP contribution in [0.2, 0.25) is 0 Å². The molecular weight excluding hydrogens is 591 g/mol. The number of allylic oxidation sites excluding steroid dienone is 4. The van der Waals surface area contributed by atoms with E-state index >= 15 is 0 Å². The minimum absolute atomic E-state index is 0.0515. The second kappa shape index (κ2) is 11.5. The molecule has 0 aromatic heterocycles. The Hall–Kier alpha value is -5.66. The van der Waals surface area contributed by atoms with Gasteiger partial charge in [0.05, 0.1) is 0 Å². The largest absolute Gasteiger partial charge is 0.310 e. The average Bonchev–Trinajstić information content (AvgIpc) is 3.50. The quantitative estimate of drug-likeness (QED) is 0.158. The van der Waals surface area contributed by atoms with Crippen LogP contribution >= 0.6 is 0 Å². The molecule has 0 radical (unpaired) electrons. The Labute approximate surface area is 291 Å². The summed E-state index contributed by atoms with van der Waals surface area (Å²) in [6.45, 7) is 17.4. The molecule has 6 aromatic rings. The van der Waals surface area contributed by atoms with Gasteiger partial charge in [-0.3, -0.25) is 0 Å². The Kier molecular flexibility index (Phi) is 7.19. The Morgan fingerprint density at radius 3 is 1.63 bits per heavy atom. The summed E-state index contributed by atoms with van der Waals surface area (Å²) in [6, 6.07) is 49.3. The van der Waals surface area contributed by atoms with Crippen molar-refractivity contribution in [2.75, 3.05) is 4.90 Å². The summed E-state index contributed by atoms with van der Waals surface area (Å²) in [5.74, 6) is 0. The van der Waals surface area contributed by atoms with Crippen molar-refractivity contribution in [2.45, 2.75) is 38.5 Å². The first kappa shape index (κ1) is 30.7. The summed E-state index contributed by atoms with van der Waals surface area (Å²) in [6.07, 6.45) is 5.69. The molecule has 2 aliphatic rings. The highest BCUT2D eigenvalue weighted by molar-refractivity contribution is 5.92. The van der Waals surface area contributed by atoms with Crippen LogP contribution in [0.15, 0.2) is 165 Å². The second-order valence-electron chi connectivity index (χ2n) is 14.3. The van der Waals surface area contributed by atoms with Gasteiger partial charge in [0.2, 0.25) is 0 Å². The summed E-state index contributed by atoms with van der Waals surface area (Å²) >= 11 is 0. The summed E-state index contributed by atoms with van der Waals surface area (Å²) in [5, 5.41) is 0. The predicted molar refractivity (Wildman–Crippen MR) is 210 cm³/mol. The lowest BCUT2D eigenvalue weighted by molar-refractivity contribution is 0.652. The topological polar surface area (TPSA) is 3.24 Å². The SMILES string of the molecule is C=C/C=C(\C=C)c1ccc(N(c2ccc(-c3ccccc3)cc2)c2ccc3c(c2)-c2cc4c(cc2C3(C)C)-c2ccccc2C4(C)C)cc1. The van der Waals surface area contributed by atoms with E-state index < -0.39 is 0 Å². The number of anilines is 3. The zero-order valence-electron chi connectivity index (χ0n) is 28.8. The summed E-state index contributed by atoms with van der Waals surface area (Å²) < 4.78 is 0. The third-order valence-electron chi connectivity index (χ3n) is 10.8. The fourth-order valence-electron chi connectivity index (χ4n) is 8.16. The van der Waals surface area contributed by atoms with Gasteiger partial charge in [-0.25, -0.2) is 0 Å². The first-order valence-corrected chi connectivity index (χ1v) is 17.2. The van der Waals surface area contributed by atoms with Gasteiger partial charge in [-0.2, -0.15) is 0 Å². The molecule has 0 unspecified atom stereocenters. The van der Waals surface area contributed by atoms with Gasteiger partial charge in [0.1, 0.15) is 0 Å². The zero-order valence-corrected chi connectivity index (χ0v) is 28.8. The molecule has 0 fully saturated rings. The van der Waals surface area contributed by atoms with Crippen molar-refractivity contribution < 1.29 is 0 Å². The lowest BCUT2D eigenvalue weighted by atomic mass is 9.79. The van der Waals surface area contributed by atoms with Crippen LogP contribution < -0.4 is 4.90 Å². The number of hydrogen-bond acceptors (Lipinski definition) is 1. The maximum Gasteiger partial charge on any atom is 0.0468 e. The molecule has 8 rings (SSSR count). The molecule has 0 N–H and O–H groups in total. The van der Waals surface area contributed by atoms with Crippen molar-refractivity contribution in [1.29, 1.82) is 0 Å². The highest BCUT2D eigenvalue weighted by Gasteiger charge is 2.41. The van der Waals surface area contributed by atoms with Gasteiger partial charge in [-0.15, -0.1) is 0 Å². The predicted octanol–water partition coefficient (Wildman–Crippen LogP) is 13.2. The monoisotopic (exact) mass is 631 g/mol. The minimum atomic E-state index is -0.109. The van der Waals surface area contributed by atoms with Crippen molar-refractivity contribution in [3.63, 3.8) is 0 Å². The van der Waals surface area contributed by atoms with Gasteiger partial charge in [0.25, 0.3) is 0 Å². The van der Waals surface area contributed by atoms with E-state index in [1.165, 1.54) is 55.6 Å². The Morgan fingerprint density at radius 1 is 0.490 bits per heavy atom. The smallest absolute Gasteiger partial charge is 0.0468 e. The lowest BCUT2D eigenvalue weighted by Crippen LogP contribution is -2.17. The minimum Gasteiger partial charge on any atom is -0.310 e. The Morgan fingerprint density at radius 2 is 1.00 bits per heavy atom. The Bertz CT molecular complexity index is 2280. The van der Waals surface area contributed by atoms with Crippen LogP contribution in [0, 0.1) is 0 Å². The van der Waals surface area contributed by atoms with Crippen LogP contribution in [0.25, 0.3) is 39.0 Å². The third-order valence-corrected chi connectivity index (χ3v) is 10.8. The molecule has 49 heavy (non-hydrogen) atoms. The van der Waals surface area contributed by atoms with Crippen LogP contribution in [-0.4, -0.2) is 0 Å². The maximum absolute atomic E-state index is 4.02. The summed E-state index contributed by atoms with van der Waals surface area (Å²) in [5.41, 5.74) is 18.8. The van der Waals surface area contributed by atoms with E-state index in [0.717, 1.165) is 28.2 Å². The maximum atomic E-state index is 4.02. The van der Waals surface area contributed by atoms with Crippen molar-refractivity contribution in [1.82, 2.24) is 0 Å². The molecule has 1 nitrogen and oxygen atoms in total. The van der Waals surface area contributed by atoms with Gasteiger partial charge < -0.3 is 4.90 Å². The summed E-state index contributed by atoms with van der Waals surface area (Å²) in [7, 11) is 0. The molecule has 0 saturated heterocycles. The van der Waals surface area contributed by atoms with Crippen LogP contribution in [0.5, 0.6) is 0 Å². The van der Waals surface area contributed by atoms with Crippen molar-refractivity contribution in [3.8, 4) is 33.4 Å². The van der Waals surface area contributed by atoms with Crippen molar-refractivity contribution >= 4 is 22.6 Å².